The Kier molecular flexibility index (Phi) is 6.01. The highest BCUT2D eigenvalue weighted by Gasteiger charge is 2.39. The Bertz CT molecular complexity index is 755. The molecule has 1 unspecified atom stereocenters. The Hall–Kier alpha value is -2.04. The molecule has 3 rings (SSSR count). The van der Waals surface area contributed by atoms with Crippen LogP contribution in [0.1, 0.15) is 83.5 Å². The summed E-state index contributed by atoms with van der Waals surface area (Å²) in [5.41, 5.74) is 0.395. The number of nitrogens with zero attached hydrogens (tertiary/aromatic N) is 2. The molecule has 0 spiro atoms. The molecule has 2 N–H and O–H groups in total. The van der Waals surface area contributed by atoms with Gasteiger partial charge in [0.2, 0.25) is 0 Å². The molecule has 2 atom stereocenters. The van der Waals surface area contributed by atoms with Gasteiger partial charge in [-0.3, -0.25) is 4.79 Å². The van der Waals surface area contributed by atoms with E-state index in [-0.39, 0.29) is 17.0 Å². The lowest BCUT2D eigenvalue weighted by Gasteiger charge is -2.41. The largest absolute Gasteiger partial charge is 0.366 e. The van der Waals surface area contributed by atoms with Crippen molar-refractivity contribution in [2.75, 3.05) is 5.32 Å². The van der Waals surface area contributed by atoms with Gasteiger partial charge in [-0.25, -0.2) is 4.68 Å². The number of rotatable bonds is 7. The van der Waals surface area contributed by atoms with E-state index < -0.39 is 0 Å². The SMILES string of the molecule is CCCC(CC)(CC)NC(=O)c1cnn2c1N[C@@H](C1C=CC=CC1)CC2(C)C. The van der Waals surface area contributed by atoms with Crippen molar-refractivity contribution in [2.24, 2.45) is 5.92 Å². The van der Waals surface area contributed by atoms with E-state index in [0.29, 0.717) is 17.5 Å². The summed E-state index contributed by atoms with van der Waals surface area (Å²) in [5.74, 6) is 1.29. The molecule has 0 bridgehead atoms. The quantitative estimate of drug-likeness (QED) is 0.694. The molecule has 1 aromatic rings. The fraction of sp³-hybridized carbons (Fsp3) is 0.652. The van der Waals surface area contributed by atoms with Gasteiger partial charge in [0.1, 0.15) is 11.4 Å². The summed E-state index contributed by atoms with van der Waals surface area (Å²) in [7, 11) is 0. The molecule has 28 heavy (non-hydrogen) atoms. The fourth-order valence-corrected chi connectivity index (χ4v) is 4.75. The molecule has 0 radical (unpaired) electrons. The van der Waals surface area contributed by atoms with Gasteiger partial charge < -0.3 is 10.6 Å². The number of amides is 1. The van der Waals surface area contributed by atoms with Gasteiger partial charge in [0.25, 0.3) is 5.91 Å². The van der Waals surface area contributed by atoms with Gasteiger partial charge in [0.05, 0.1) is 11.7 Å². The van der Waals surface area contributed by atoms with Crippen molar-refractivity contribution in [1.29, 1.82) is 0 Å². The van der Waals surface area contributed by atoms with Crippen LogP contribution in [0.2, 0.25) is 0 Å². The van der Waals surface area contributed by atoms with Crippen molar-refractivity contribution in [2.45, 2.75) is 90.3 Å². The summed E-state index contributed by atoms with van der Waals surface area (Å²) in [4.78, 5) is 13.3. The summed E-state index contributed by atoms with van der Waals surface area (Å²) in [6, 6.07) is 0.296. The number of allylic oxidation sites excluding steroid dienone is 3. The molecule has 154 valence electrons. The third-order valence-corrected chi connectivity index (χ3v) is 6.62. The lowest BCUT2D eigenvalue weighted by atomic mass is 9.82. The molecule has 5 nitrogen and oxygen atoms in total. The second-order valence-corrected chi connectivity index (χ2v) is 8.99. The molecule has 1 aromatic heterocycles. The molecule has 2 heterocycles. The molecule has 5 heteroatoms. The van der Waals surface area contributed by atoms with Gasteiger partial charge in [-0.1, -0.05) is 51.5 Å². The van der Waals surface area contributed by atoms with E-state index in [0.717, 1.165) is 44.3 Å². The van der Waals surface area contributed by atoms with E-state index in [1.807, 2.05) is 4.68 Å². The van der Waals surface area contributed by atoms with Crippen LogP contribution < -0.4 is 10.6 Å². The van der Waals surface area contributed by atoms with Crippen molar-refractivity contribution >= 4 is 11.7 Å². The molecule has 1 aliphatic heterocycles. The first-order valence-electron chi connectivity index (χ1n) is 10.9. The predicted octanol–water partition coefficient (Wildman–Crippen LogP) is 5.02. The van der Waals surface area contributed by atoms with Crippen molar-refractivity contribution in [3.05, 3.63) is 36.1 Å². The number of carbonyl (C=O) groups is 1. The minimum atomic E-state index is -0.138. The molecule has 0 saturated carbocycles. The standard InChI is InChI=1S/C23H36N4O/c1-6-14-23(7-2,8-3)26-21(28)18-16-24-27-20(18)25-19(15-22(27,4)5)17-12-10-9-11-13-17/h9-12,16-17,19,25H,6-8,13-15H2,1-5H3,(H,26,28)/t17?,19-/m1/s1. The van der Waals surface area contributed by atoms with E-state index in [1.165, 1.54) is 0 Å². The summed E-state index contributed by atoms with van der Waals surface area (Å²) in [6.45, 7) is 10.9. The zero-order valence-corrected chi connectivity index (χ0v) is 18.1. The third-order valence-electron chi connectivity index (χ3n) is 6.62. The van der Waals surface area contributed by atoms with Gasteiger partial charge in [0, 0.05) is 17.5 Å². The van der Waals surface area contributed by atoms with Gasteiger partial charge in [-0.2, -0.15) is 5.10 Å². The maximum absolute atomic E-state index is 13.3. The Morgan fingerprint density at radius 3 is 2.68 bits per heavy atom. The lowest BCUT2D eigenvalue weighted by Crippen LogP contribution is -2.48. The molecular weight excluding hydrogens is 348 g/mol. The van der Waals surface area contributed by atoms with Crippen LogP contribution in [-0.4, -0.2) is 27.3 Å². The lowest BCUT2D eigenvalue weighted by molar-refractivity contribution is 0.0885. The van der Waals surface area contributed by atoms with Gasteiger partial charge >= 0.3 is 0 Å². The summed E-state index contributed by atoms with van der Waals surface area (Å²) in [6.07, 6.45) is 16.4. The van der Waals surface area contributed by atoms with E-state index in [1.54, 1.807) is 6.20 Å². The second kappa shape index (κ2) is 8.14. The Balaban J connectivity index is 1.87. The van der Waals surface area contributed by atoms with Gasteiger partial charge in [-0.15, -0.1) is 0 Å². The van der Waals surface area contributed by atoms with E-state index in [9.17, 15) is 4.79 Å². The van der Waals surface area contributed by atoms with E-state index in [2.05, 4.69) is 74.7 Å². The Morgan fingerprint density at radius 2 is 2.07 bits per heavy atom. The van der Waals surface area contributed by atoms with E-state index in [4.69, 9.17) is 0 Å². The van der Waals surface area contributed by atoms with Crippen molar-refractivity contribution in [3.63, 3.8) is 0 Å². The maximum atomic E-state index is 13.3. The van der Waals surface area contributed by atoms with Crippen molar-refractivity contribution in [3.8, 4) is 0 Å². The van der Waals surface area contributed by atoms with Crippen molar-refractivity contribution in [1.82, 2.24) is 15.1 Å². The molecule has 2 aliphatic rings. The molecule has 0 aromatic carbocycles. The average Bonchev–Trinajstić information content (AvgIpc) is 3.13. The first-order valence-corrected chi connectivity index (χ1v) is 10.9. The summed E-state index contributed by atoms with van der Waals surface area (Å²) < 4.78 is 2.00. The van der Waals surface area contributed by atoms with Crippen LogP contribution in [0.5, 0.6) is 0 Å². The zero-order chi connectivity index (χ0) is 20.4. The first-order chi connectivity index (χ1) is 13.4. The first kappa shape index (κ1) is 20.7. The average molecular weight is 385 g/mol. The smallest absolute Gasteiger partial charge is 0.257 e. The Labute approximate surface area is 169 Å². The normalized spacial score (nSPS) is 23.2. The van der Waals surface area contributed by atoms with Crippen LogP contribution >= 0.6 is 0 Å². The van der Waals surface area contributed by atoms with Crippen LogP contribution in [0.4, 0.5) is 5.82 Å². The topological polar surface area (TPSA) is 59.0 Å². The third kappa shape index (κ3) is 3.89. The minimum absolute atomic E-state index is 0.0126. The highest BCUT2D eigenvalue weighted by molar-refractivity contribution is 5.99. The van der Waals surface area contributed by atoms with Gasteiger partial charge in [0.15, 0.2) is 0 Å². The molecule has 1 amide bonds. The number of hydrogen-bond donors (Lipinski definition) is 2. The zero-order valence-electron chi connectivity index (χ0n) is 18.1. The molecule has 0 fully saturated rings. The molecular formula is C23H36N4O. The highest BCUT2D eigenvalue weighted by atomic mass is 16.1. The predicted molar refractivity (Wildman–Crippen MR) is 116 cm³/mol. The van der Waals surface area contributed by atoms with Crippen LogP contribution in [0.3, 0.4) is 0 Å². The number of anilines is 1. The number of aromatic nitrogens is 2. The highest BCUT2D eigenvalue weighted by Crippen LogP contribution is 2.38. The monoisotopic (exact) mass is 384 g/mol. The summed E-state index contributed by atoms with van der Waals surface area (Å²) >= 11 is 0. The summed E-state index contributed by atoms with van der Waals surface area (Å²) in [5, 5.41) is 11.6. The number of nitrogens with one attached hydrogen (secondary N) is 2. The fourth-order valence-electron chi connectivity index (χ4n) is 4.75. The van der Waals surface area contributed by atoms with Crippen LogP contribution in [0.25, 0.3) is 0 Å². The second-order valence-electron chi connectivity index (χ2n) is 8.99. The van der Waals surface area contributed by atoms with Crippen molar-refractivity contribution < 1.29 is 4.79 Å². The van der Waals surface area contributed by atoms with Gasteiger partial charge in [-0.05, 0) is 46.0 Å². The Morgan fingerprint density at radius 1 is 1.32 bits per heavy atom. The van der Waals surface area contributed by atoms with Crippen LogP contribution in [0, 0.1) is 5.92 Å². The van der Waals surface area contributed by atoms with Crippen LogP contribution in [0.15, 0.2) is 30.5 Å². The number of hydrogen-bond acceptors (Lipinski definition) is 3. The molecule has 0 saturated heterocycles. The molecule has 1 aliphatic carbocycles. The van der Waals surface area contributed by atoms with Crippen LogP contribution in [-0.2, 0) is 5.54 Å². The van der Waals surface area contributed by atoms with E-state index >= 15 is 0 Å². The maximum Gasteiger partial charge on any atom is 0.257 e. The minimum Gasteiger partial charge on any atom is -0.366 e. The number of fused-ring (bicyclic) bond motifs is 1. The number of carbonyl (C=O) groups excluding carboxylic acids is 1.